The van der Waals surface area contributed by atoms with Crippen molar-refractivity contribution in [2.45, 2.75) is 32.5 Å². The van der Waals surface area contributed by atoms with Crippen LogP contribution in [0.5, 0.6) is 5.88 Å². The van der Waals surface area contributed by atoms with E-state index in [4.69, 9.17) is 9.84 Å². The molecular formula is C11H17N3O4. The fourth-order valence-corrected chi connectivity index (χ4v) is 1.09. The number of carboxylic acids is 1. The highest BCUT2D eigenvalue weighted by Crippen LogP contribution is 2.19. The number of hydrogen-bond donors (Lipinski definition) is 3. The maximum Gasteiger partial charge on any atom is 0.337 e. The lowest BCUT2D eigenvalue weighted by Gasteiger charge is -2.19. The molecule has 0 bridgehead atoms. The molecule has 0 amide bonds. The lowest BCUT2D eigenvalue weighted by Crippen LogP contribution is -2.42. The molecule has 18 heavy (non-hydrogen) atoms. The highest BCUT2D eigenvalue weighted by atomic mass is 16.5. The van der Waals surface area contributed by atoms with Gasteiger partial charge in [0.2, 0.25) is 0 Å². The molecule has 100 valence electrons. The Labute approximate surface area is 105 Å². The zero-order valence-electron chi connectivity index (χ0n) is 10.5. The van der Waals surface area contributed by atoms with Gasteiger partial charge in [0.1, 0.15) is 0 Å². The molecule has 7 nitrogen and oxygen atoms in total. The topological polar surface area (TPSA) is 105 Å². The van der Waals surface area contributed by atoms with Gasteiger partial charge in [0.25, 0.3) is 5.88 Å². The molecule has 0 aromatic carbocycles. The van der Waals surface area contributed by atoms with E-state index >= 15 is 0 Å². The molecule has 1 atom stereocenters. The van der Waals surface area contributed by atoms with Crippen molar-refractivity contribution >= 4 is 11.8 Å². The molecule has 0 fully saturated rings. The number of aliphatic carboxylic acids is 1. The van der Waals surface area contributed by atoms with E-state index in [9.17, 15) is 9.90 Å². The number of aliphatic hydroxyl groups is 1. The van der Waals surface area contributed by atoms with Crippen LogP contribution in [0.3, 0.4) is 0 Å². The zero-order chi connectivity index (χ0) is 13.8. The normalized spacial score (nSPS) is 14.1. The van der Waals surface area contributed by atoms with Crippen LogP contribution in [0.4, 0.5) is 5.82 Å². The largest absolute Gasteiger partial charge is 0.479 e. The van der Waals surface area contributed by atoms with Gasteiger partial charge < -0.3 is 20.3 Å². The molecule has 0 aliphatic rings. The Morgan fingerprint density at radius 3 is 2.67 bits per heavy atom. The minimum atomic E-state index is -1.88. The summed E-state index contributed by atoms with van der Waals surface area (Å²) < 4.78 is 5.41. The molecule has 0 aliphatic heterocycles. The lowest BCUT2D eigenvalue weighted by atomic mass is 10.1. The number of rotatable bonds is 6. The molecule has 0 saturated carbocycles. The summed E-state index contributed by atoms with van der Waals surface area (Å²) in [5.41, 5.74) is -1.88. The van der Waals surface area contributed by atoms with E-state index in [-0.39, 0.29) is 18.5 Å². The summed E-state index contributed by atoms with van der Waals surface area (Å²) in [7, 11) is 0. The van der Waals surface area contributed by atoms with Gasteiger partial charge in [-0.15, -0.1) is 0 Å². The van der Waals surface area contributed by atoms with Gasteiger partial charge in [-0.2, -0.15) is 0 Å². The van der Waals surface area contributed by atoms with Crippen LogP contribution in [-0.2, 0) is 4.79 Å². The number of anilines is 1. The van der Waals surface area contributed by atoms with Gasteiger partial charge in [0, 0.05) is 12.4 Å². The van der Waals surface area contributed by atoms with Crippen molar-refractivity contribution in [2.75, 3.05) is 11.9 Å². The Hall–Kier alpha value is -1.89. The van der Waals surface area contributed by atoms with Crippen LogP contribution >= 0.6 is 0 Å². The van der Waals surface area contributed by atoms with Crippen LogP contribution in [0.2, 0.25) is 0 Å². The summed E-state index contributed by atoms with van der Waals surface area (Å²) in [6.07, 6.45) is 2.84. The second-order valence-electron chi connectivity index (χ2n) is 4.31. The number of carbonyl (C=O) groups is 1. The van der Waals surface area contributed by atoms with Crippen molar-refractivity contribution < 1.29 is 19.7 Å². The Balaban J connectivity index is 2.76. The summed E-state index contributed by atoms with van der Waals surface area (Å²) in [6.45, 7) is 4.68. The van der Waals surface area contributed by atoms with Gasteiger partial charge in [-0.25, -0.2) is 14.8 Å². The van der Waals surface area contributed by atoms with E-state index in [1.165, 1.54) is 19.3 Å². The van der Waals surface area contributed by atoms with Crippen molar-refractivity contribution in [3.8, 4) is 5.88 Å². The molecule has 7 heteroatoms. The van der Waals surface area contributed by atoms with Crippen LogP contribution in [0.1, 0.15) is 20.8 Å². The second kappa shape index (κ2) is 5.63. The molecule has 1 unspecified atom stereocenters. The van der Waals surface area contributed by atoms with Crippen LogP contribution in [0.15, 0.2) is 12.4 Å². The van der Waals surface area contributed by atoms with Crippen molar-refractivity contribution in [3.63, 3.8) is 0 Å². The van der Waals surface area contributed by atoms with Gasteiger partial charge in [-0.3, -0.25) is 0 Å². The van der Waals surface area contributed by atoms with E-state index in [1.54, 1.807) is 0 Å². The number of nitrogens with one attached hydrogen (secondary N) is 1. The summed E-state index contributed by atoms with van der Waals surface area (Å²) >= 11 is 0. The Kier molecular flexibility index (Phi) is 4.43. The predicted molar refractivity (Wildman–Crippen MR) is 64.5 cm³/mol. The maximum absolute atomic E-state index is 10.7. The lowest BCUT2D eigenvalue weighted by molar-refractivity contribution is -0.155. The van der Waals surface area contributed by atoms with E-state index in [2.05, 4.69) is 15.3 Å². The van der Waals surface area contributed by atoms with Crippen LogP contribution < -0.4 is 10.1 Å². The standard InChI is InChI=1S/C11H17N3O4/c1-7(2)18-9-8(12-4-5-13-9)14-6-11(3,17)10(15)16/h4-5,7,17H,6H2,1-3H3,(H,12,14)(H,15,16). The molecule has 3 N–H and O–H groups in total. The van der Waals surface area contributed by atoms with E-state index in [1.807, 2.05) is 13.8 Å². The first-order chi connectivity index (χ1) is 8.33. The van der Waals surface area contributed by atoms with Crippen molar-refractivity contribution in [3.05, 3.63) is 12.4 Å². The van der Waals surface area contributed by atoms with Crippen molar-refractivity contribution in [1.82, 2.24) is 9.97 Å². The number of carboxylic acid groups (broad SMARTS) is 1. The third-order valence-electron chi connectivity index (χ3n) is 2.07. The first-order valence-electron chi connectivity index (χ1n) is 5.50. The van der Waals surface area contributed by atoms with Gasteiger partial charge in [0.15, 0.2) is 11.4 Å². The number of aromatic nitrogens is 2. The highest BCUT2D eigenvalue weighted by Gasteiger charge is 2.30. The van der Waals surface area contributed by atoms with Gasteiger partial charge in [-0.05, 0) is 20.8 Å². The molecule has 0 saturated heterocycles. The van der Waals surface area contributed by atoms with Crippen molar-refractivity contribution in [2.24, 2.45) is 0 Å². The first-order valence-corrected chi connectivity index (χ1v) is 5.50. The third kappa shape index (κ3) is 3.85. The van der Waals surface area contributed by atoms with Gasteiger partial charge in [0.05, 0.1) is 12.6 Å². The van der Waals surface area contributed by atoms with Gasteiger partial charge in [-0.1, -0.05) is 0 Å². The number of nitrogens with zero attached hydrogens (tertiary/aromatic N) is 2. The average Bonchev–Trinajstić information content (AvgIpc) is 2.27. The fourth-order valence-electron chi connectivity index (χ4n) is 1.09. The summed E-state index contributed by atoms with van der Waals surface area (Å²) in [6, 6.07) is 0. The Morgan fingerprint density at radius 1 is 1.50 bits per heavy atom. The SMILES string of the molecule is CC(C)Oc1nccnc1NCC(C)(O)C(=O)O. The monoisotopic (exact) mass is 255 g/mol. The number of ether oxygens (including phenoxy) is 1. The summed E-state index contributed by atoms with van der Waals surface area (Å²) in [5, 5.41) is 21.1. The van der Waals surface area contributed by atoms with Crippen LogP contribution in [0, 0.1) is 0 Å². The quantitative estimate of drug-likeness (QED) is 0.680. The molecule has 0 radical (unpaired) electrons. The zero-order valence-corrected chi connectivity index (χ0v) is 10.5. The molecule has 1 aromatic heterocycles. The molecule has 0 aliphatic carbocycles. The van der Waals surface area contributed by atoms with Gasteiger partial charge >= 0.3 is 5.97 Å². The average molecular weight is 255 g/mol. The fraction of sp³-hybridized carbons (Fsp3) is 0.545. The van der Waals surface area contributed by atoms with Crippen LogP contribution in [0.25, 0.3) is 0 Å². The molecule has 1 rings (SSSR count). The molecule has 0 spiro atoms. The summed E-state index contributed by atoms with van der Waals surface area (Å²) in [5.74, 6) is -0.744. The smallest absolute Gasteiger partial charge is 0.337 e. The minimum absolute atomic E-state index is 0.0813. The van der Waals surface area contributed by atoms with E-state index in [0.29, 0.717) is 5.82 Å². The third-order valence-corrected chi connectivity index (χ3v) is 2.07. The summed E-state index contributed by atoms with van der Waals surface area (Å²) in [4.78, 5) is 18.7. The Morgan fingerprint density at radius 2 is 2.11 bits per heavy atom. The van der Waals surface area contributed by atoms with Crippen molar-refractivity contribution in [1.29, 1.82) is 0 Å². The van der Waals surface area contributed by atoms with E-state index < -0.39 is 11.6 Å². The first kappa shape index (κ1) is 14.2. The molecule has 1 aromatic rings. The van der Waals surface area contributed by atoms with Crippen LogP contribution in [-0.4, -0.2) is 44.4 Å². The molecule has 1 heterocycles. The number of hydrogen-bond acceptors (Lipinski definition) is 6. The predicted octanol–water partition coefficient (Wildman–Crippen LogP) is 0.511. The Bertz CT molecular complexity index is 421. The van der Waals surface area contributed by atoms with E-state index in [0.717, 1.165) is 0 Å². The maximum atomic E-state index is 10.7. The minimum Gasteiger partial charge on any atom is -0.479 e. The molecular weight excluding hydrogens is 238 g/mol. The highest BCUT2D eigenvalue weighted by molar-refractivity contribution is 5.77. The second-order valence-corrected chi connectivity index (χ2v) is 4.31.